The Morgan fingerprint density at radius 3 is 2.44 bits per heavy atom. The smallest absolute Gasteiger partial charge is 0.251 e. The molecule has 1 saturated heterocycles. The summed E-state index contributed by atoms with van der Waals surface area (Å²) in [6.07, 6.45) is 7.19. The summed E-state index contributed by atoms with van der Waals surface area (Å²) < 4.78 is 43.1. The molecule has 0 bridgehead atoms. The molecule has 0 unspecified atom stereocenters. The van der Waals surface area contributed by atoms with E-state index in [4.69, 9.17) is 0 Å². The maximum Gasteiger partial charge on any atom is 0.251 e. The number of piperidine rings is 1. The van der Waals surface area contributed by atoms with Crippen molar-refractivity contribution < 1.29 is 12.8 Å². The topological polar surface area (TPSA) is 88.1 Å². The van der Waals surface area contributed by atoms with Crippen LogP contribution in [0.5, 0.6) is 0 Å². The van der Waals surface area contributed by atoms with E-state index in [1.165, 1.54) is 12.3 Å². The van der Waals surface area contributed by atoms with Crippen molar-refractivity contribution in [3.63, 3.8) is 0 Å². The van der Waals surface area contributed by atoms with Crippen LogP contribution in [0.1, 0.15) is 70.8 Å². The van der Waals surface area contributed by atoms with Crippen molar-refractivity contribution in [1.82, 2.24) is 19.1 Å². The van der Waals surface area contributed by atoms with Crippen molar-refractivity contribution in [2.75, 3.05) is 13.1 Å². The zero-order valence-corrected chi connectivity index (χ0v) is 22.1. The highest BCUT2D eigenvalue weighted by Crippen LogP contribution is 2.49. The lowest BCUT2D eigenvalue weighted by Crippen LogP contribution is -2.46. The lowest BCUT2D eigenvalue weighted by Gasteiger charge is -2.45. The zero-order valence-electron chi connectivity index (χ0n) is 21.3. The van der Waals surface area contributed by atoms with Crippen LogP contribution in [0.2, 0.25) is 0 Å². The first-order chi connectivity index (χ1) is 17.1. The lowest BCUT2D eigenvalue weighted by atomic mass is 9.65. The number of benzene rings is 1. The van der Waals surface area contributed by atoms with Crippen LogP contribution in [0.3, 0.4) is 0 Å². The molecule has 2 aromatic heterocycles. The minimum Gasteiger partial charge on any atom is -0.322 e. The highest BCUT2D eigenvalue weighted by Gasteiger charge is 2.41. The van der Waals surface area contributed by atoms with Gasteiger partial charge in [-0.1, -0.05) is 6.07 Å². The normalized spacial score (nSPS) is 19.5. The zero-order chi connectivity index (χ0) is 25.7. The first-order valence-corrected chi connectivity index (χ1v) is 14.5. The number of nitrogens with zero attached hydrogens (tertiary/aromatic N) is 3. The Balaban J connectivity index is 1.29. The van der Waals surface area contributed by atoms with Crippen LogP contribution in [0.25, 0.3) is 22.2 Å². The molecule has 1 aromatic carbocycles. The number of aryl methyl sites for hydroxylation is 1. The number of nitrogens with one attached hydrogen (secondary N) is 1. The number of hydrogen-bond acceptors (Lipinski definition) is 4. The van der Waals surface area contributed by atoms with Gasteiger partial charge in [0, 0.05) is 36.5 Å². The van der Waals surface area contributed by atoms with Crippen molar-refractivity contribution in [1.29, 1.82) is 0 Å². The van der Waals surface area contributed by atoms with E-state index in [2.05, 4.69) is 10.1 Å². The van der Waals surface area contributed by atoms with Crippen molar-refractivity contribution in [2.45, 2.75) is 77.0 Å². The minimum atomic E-state index is -3.20. The van der Waals surface area contributed by atoms with Crippen LogP contribution < -0.4 is 5.56 Å². The number of aromatic nitrogens is 3. The predicted octanol–water partition coefficient (Wildman–Crippen LogP) is 5.03. The van der Waals surface area contributed by atoms with E-state index in [9.17, 15) is 17.6 Å². The molecule has 1 aliphatic heterocycles. The van der Waals surface area contributed by atoms with Gasteiger partial charge in [0.2, 0.25) is 10.0 Å². The minimum absolute atomic E-state index is 0.115. The molecule has 2 aliphatic rings. The fourth-order valence-electron chi connectivity index (χ4n) is 6.07. The monoisotopic (exact) mass is 514 g/mol. The standard InChI is InChI=1S/C27H35FN4O3S/c1-4-32-25-16-20(15-23(28)22(25)17-29-32)24-6-5-21(26(33)30-24)19-7-9-27(10-8-19)11-13-31(14-12-27)36(34,35)18(2)3/h5-6,15-19H,4,7-14H2,1-3H3,(H,30,33). The average Bonchev–Trinajstić information content (AvgIpc) is 3.29. The second kappa shape index (κ2) is 9.41. The molecule has 3 heterocycles. The van der Waals surface area contributed by atoms with Crippen LogP contribution in [-0.4, -0.2) is 45.8 Å². The summed E-state index contributed by atoms with van der Waals surface area (Å²) in [5.41, 5.74) is 2.79. The summed E-state index contributed by atoms with van der Waals surface area (Å²) in [6.45, 7) is 7.26. The predicted molar refractivity (Wildman–Crippen MR) is 140 cm³/mol. The van der Waals surface area contributed by atoms with Crippen LogP contribution >= 0.6 is 0 Å². The Hall–Kier alpha value is -2.52. The van der Waals surface area contributed by atoms with Gasteiger partial charge in [-0.05, 0) is 88.8 Å². The van der Waals surface area contributed by atoms with Gasteiger partial charge in [-0.2, -0.15) is 5.10 Å². The maximum atomic E-state index is 14.7. The Bertz CT molecular complexity index is 1420. The summed E-state index contributed by atoms with van der Waals surface area (Å²) in [5, 5.41) is 4.32. The number of H-pyrrole nitrogens is 1. The molecule has 3 aromatic rings. The summed E-state index contributed by atoms with van der Waals surface area (Å²) in [6, 6.07) is 7.10. The number of pyridine rings is 1. The van der Waals surface area contributed by atoms with Gasteiger partial charge < -0.3 is 4.98 Å². The molecule has 5 rings (SSSR count). The quantitative estimate of drug-likeness (QED) is 0.517. The number of halogens is 1. The first kappa shape index (κ1) is 25.1. The summed E-state index contributed by atoms with van der Waals surface area (Å²) in [5.74, 6) is -0.163. The highest BCUT2D eigenvalue weighted by atomic mass is 32.2. The van der Waals surface area contributed by atoms with Crippen molar-refractivity contribution in [3.8, 4) is 11.3 Å². The molecule has 0 amide bonds. The van der Waals surface area contributed by atoms with Crippen molar-refractivity contribution in [2.24, 2.45) is 5.41 Å². The molecule has 9 heteroatoms. The van der Waals surface area contributed by atoms with Crippen molar-refractivity contribution in [3.05, 3.63) is 52.2 Å². The third-order valence-corrected chi connectivity index (χ3v) is 10.8. The molecule has 194 valence electrons. The highest BCUT2D eigenvalue weighted by molar-refractivity contribution is 7.89. The molecule has 1 aliphatic carbocycles. The fourth-order valence-corrected chi connectivity index (χ4v) is 7.36. The van der Waals surface area contributed by atoms with Gasteiger partial charge in [0.1, 0.15) is 5.82 Å². The van der Waals surface area contributed by atoms with E-state index in [0.717, 1.165) is 44.1 Å². The molecule has 1 spiro atoms. The largest absolute Gasteiger partial charge is 0.322 e. The number of hydrogen-bond donors (Lipinski definition) is 1. The third-order valence-electron chi connectivity index (χ3n) is 8.49. The van der Waals surface area contributed by atoms with Gasteiger partial charge in [-0.15, -0.1) is 0 Å². The first-order valence-electron chi connectivity index (χ1n) is 13.0. The van der Waals surface area contributed by atoms with Crippen molar-refractivity contribution >= 4 is 20.9 Å². The van der Waals surface area contributed by atoms with Gasteiger partial charge in [-0.3, -0.25) is 9.48 Å². The van der Waals surface area contributed by atoms with Gasteiger partial charge in [-0.25, -0.2) is 17.1 Å². The van der Waals surface area contributed by atoms with Gasteiger partial charge in [0.15, 0.2) is 0 Å². The van der Waals surface area contributed by atoms with E-state index >= 15 is 0 Å². The molecule has 0 radical (unpaired) electrons. The molecule has 0 atom stereocenters. The molecule has 1 N–H and O–H groups in total. The van der Waals surface area contributed by atoms with E-state index < -0.39 is 10.0 Å². The Morgan fingerprint density at radius 2 is 1.83 bits per heavy atom. The number of fused-ring (bicyclic) bond motifs is 1. The fraction of sp³-hybridized carbons (Fsp3) is 0.556. The molecule has 2 fully saturated rings. The summed E-state index contributed by atoms with van der Waals surface area (Å²) in [7, 11) is -3.20. The average molecular weight is 515 g/mol. The van der Waals surface area contributed by atoms with Crippen LogP contribution in [0.4, 0.5) is 4.39 Å². The summed E-state index contributed by atoms with van der Waals surface area (Å²) >= 11 is 0. The van der Waals surface area contributed by atoms with Gasteiger partial charge >= 0.3 is 0 Å². The van der Waals surface area contributed by atoms with Crippen LogP contribution in [0, 0.1) is 11.2 Å². The molecule has 36 heavy (non-hydrogen) atoms. The Labute approximate surface area is 211 Å². The van der Waals surface area contributed by atoms with Gasteiger partial charge in [0.25, 0.3) is 5.56 Å². The van der Waals surface area contributed by atoms with E-state index in [-0.39, 0.29) is 28.0 Å². The number of sulfonamides is 1. The molecule has 1 saturated carbocycles. The lowest BCUT2D eigenvalue weighted by molar-refractivity contribution is 0.0938. The maximum absolute atomic E-state index is 14.7. The number of rotatable bonds is 5. The SMILES string of the molecule is CCn1ncc2c(F)cc(-c3ccc(C4CCC5(CC4)CCN(S(=O)(=O)C(C)C)CC5)c(=O)[nH]3)cc21. The Kier molecular flexibility index (Phi) is 6.57. The van der Waals surface area contributed by atoms with E-state index in [1.54, 1.807) is 22.8 Å². The molecular formula is C27H35FN4O3S. The Morgan fingerprint density at radius 1 is 1.14 bits per heavy atom. The van der Waals surface area contributed by atoms with E-state index in [0.29, 0.717) is 41.8 Å². The molecular weight excluding hydrogens is 479 g/mol. The van der Waals surface area contributed by atoms with Gasteiger partial charge in [0.05, 0.1) is 22.3 Å². The third kappa shape index (κ3) is 4.41. The second-order valence-electron chi connectivity index (χ2n) is 10.8. The van der Waals surface area contributed by atoms with Crippen LogP contribution in [0.15, 0.2) is 35.3 Å². The van der Waals surface area contributed by atoms with Crippen LogP contribution in [-0.2, 0) is 16.6 Å². The van der Waals surface area contributed by atoms with E-state index in [1.807, 2.05) is 25.1 Å². The number of aromatic amines is 1. The second-order valence-corrected chi connectivity index (χ2v) is 13.3. The summed E-state index contributed by atoms with van der Waals surface area (Å²) in [4.78, 5) is 16.1. The molecule has 7 nitrogen and oxygen atoms in total.